The zero-order valence-electron chi connectivity index (χ0n) is 26.1. The second kappa shape index (κ2) is 15.6. The van der Waals surface area contributed by atoms with Crippen LogP contribution in [0.2, 0.25) is 0 Å². The molecular weight excluding hydrogens is 544 g/mol. The molecule has 0 aliphatic carbocycles. The summed E-state index contributed by atoms with van der Waals surface area (Å²) in [4.78, 5) is 45.6. The Balaban J connectivity index is 1.33. The van der Waals surface area contributed by atoms with Gasteiger partial charge in [-0.15, -0.1) is 0 Å². The van der Waals surface area contributed by atoms with Crippen molar-refractivity contribution in [3.05, 3.63) is 54.1 Å². The minimum Gasteiger partial charge on any atom is -0.493 e. The van der Waals surface area contributed by atoms with Gasteiger partial charge >= 0.3 is 0 Å². The molecule has 3 amide bonds. The van der Waals surface area contributed by atoms with Crippen LogP contribution in [0.4, 0.5) is 5.69 Å². The molecular formula is C34H48N4O5. The lowest BCUT2D eigenvalue weighted by Gasteiger charge is -2.43. The van der Waals surface area contributed by atoms with Gasteiger partial charge < -0.3 is 29.5 Å². The molecule has 2 aromatic rings. The van der Waals surface area contributed by atoms with Gasteiger partial charge in [0.15, 0.2) is 11.5 Å². The number of methoxy groups -OCH3 is 2. The summed E-state index contributed by atoms with van der Waals surface area (Å²) in [6, 6.07) is 15.6. The number of rotatable bonds is 15. The van der Waals surface area contributed by atoms with Crippen LogP contribution in [-0.4, -0.2) is 80.1 Å². The van der Waals surface area contributed by atoms with Crippen molar-refractivity contribution in [3.63, 3.8) is 0 Å². The van der Waals surface area contributed by atoms with Crippen molar-refractivity contribution < 1.29 is 23.9 Å². The number of carbonyl (C=O) groups excluding carboxylic acids is 3. The fourth-order valence-electron chi connectivity index (χ4n) is 6.27. The van der Waals surface area contributed by atoms with Gasteiger partial charge in [0.05, 0.1) is 20.9 Å². The fourth-order valence-corrected chi connectivity index (χ4v) is 6.27. The third-order valence-corrected chi connectivity index (χ3v) is 8.79. The Morgan fingerprint density at radius 2 is 1.60 bits per heavy atom. The lowest BCUT2D eigenvalue weighted by Crippen LogP contribution is -2.57. The fraction of sp³-hybridized carbons (Fsp3) is 0.559. The Kier molecular flexibility index (Phi) is 11.7. The Labute approximate surface area is 256 Å². The van der Waals surface area contributed by atoms with Crippen molar-refractivity contribution in [1.29, 1.82) is 0 Å². The molecule has 0 bridgehead atoms. The number of nitrogens with one attached hydrogen (secondary N) is 1. The van der Waals surface area contributed by atoms with E-state index in [2.05, 4.69) is 17.1 Å². The standard InChI is InChI=1S/C34H48N4O5/c1-4-5-6-7-8-12-15-32(40)36-22-19-34(20-23-36)33(41)37(26-38(34)28-13-10-9-11-14-28)25-31(39)35-21-18-27-16-17-29(42-2)30(24-27)43-3/h9-11,13-14,16-17,24H,4-8,12,15,18-23,25-26H2,1-3H3,(H,35,39). The van der Waals surface area contributed by atoms with Crippen LogP contribution in [-0.2, 0) is 20.8 Å². The molecule has 0 radical (unpaired) electrons. The first-order valence-electron chi connectivity index (χ1n) is 15.8. The molecule has 234 valence electrons. The van der Waals surface area contributed by atoms with Crippen LogP contribution in [0.25, 0.3) is 0 Å². The van der Waals surface area contributed by atoms with Crippen molar-refractivity contribution >= 4 is 23.4 Å². The van der Waals surface area contributed by atoms with Gasteiger partial charge in [-0.1, -0.05) is 63.3 Å². The Morgan fingerprint density at radius 1 is 0.907 bits per heavy atom. The van der Waals surface area contributed by atoms with E-state index in [0.29, 0.717) is 63.5 Å². The third-order valence-electron chi connectivity index (χ3n) is 8.79. The predicted octanol–water partition coefficient (Wildman–Crippen LogP) is 4.78. The number of para-hydroxylation sites is 1. The highest BCUT2D eigenvalue weighted by atomic mass is 16.5. The highest BCUT2D eigenvalue weighted by Crippen LogP contribution is 2.39. The molecule has 0 aromatic heterocycles. The van der Waals surface area contributed by atoms with E-state index in [-0.39, 0.29) is 24.3 Å². The number of benzene rings is 2. The molecule has 2 aromatic carbocycles. The summed E-state index contributed by atoms with van der Waals surface area (Å²) < 4.78 is 10.7. The highest BCUT2D eigenvalue weighted by Gasteiger charge is 2.54. The number of hydrogen-bond acceptors (Lipinski definition) is 6. The summed E-state index contributed by atoms with van der Waals surface area (Å²) >= 11 is 0. The molecule has 0 unspecified atom stereocenters. The van der Waals surface area contributed by atoms with Crippen molar-refractivity contribution in [3.8, 4) is 11.5 Å². The molecule has 0 atom stereocenters. The van der Waals surface area contributed by atoms with Crippen LogP contribution in [0, 0.1) is 0 Å². The van der Waals surface area contributed by atoms with Crippen LogP contribution in [0.15, 0.2) is 48.5 Å². The average Bonchev–Trinajstić information content (AvgIpc) is 3.29. The summed E-state index contributed by atoms with van der Waals surface area (Å²) in [5.74, 6) is 1.27. The molecule has 1 spiro atoms. The molecule has 2 aliphatic heterocycles. The summed E-state index contributed by atoms with van der Waals surface area (Å²) in [6.07, 6.45) is 9.23. The van der Waals surface area contributed by atoms with Crippen molar-refractivity contribution in [2.75, 3.05) is 52.0 Å². The minimum atomic E-state index is -0.752. The van der Waals surface area contributed by atoms with E-state index in [0.717, 1.165) is 24.1 Å². The number of piperidine rings is 1. The second-order valence-corrected chi connectivity index (χ2v) is 11.6. The van der Waals surface area contributed by atoms with Crippen LogP contribution in [0.1, 0.15) is 70.3 Å². The van der Waals surface area contributed by atoms with Gasteiger partial charge in [-0.05, 0) is 55.5 Å². The number of anilines is 1. The molecule has 9 nitrogen and oxygen atoms in total. The predicted molar refractivity (Wildman–Crippen MR) is 168 cm³/mol. The van der Waals surface area contributed by atoms with Crippen molar-refractivity contribution in [1.82, 2.24) is 15.1 Å². The van der Waals surface area contributed by atoms with Gasteiger partial charge in [-0.3, -0.25) is 14.4 Å². The van der Waals surface area contributed by atoms with E-state index >= 15 is 0 Å². The molecule has 4 rings (SSSR count). The lowest BCUT2D eigenvalue weighted by molar-refractivity contribution is -0.140. The number of amides is 3. The van der Waals surface area contributed by atoms with E-state index in [1.165, 1.54) is 25.7 Å². The van der Waals surface area contributed by atoms with Crippen molar-refractivity contribution in [2.24, 2.45) is 0 Å². The number of nitrogens with zero attached hydrogens (tertiary/aromatic N) is 3. The Bertz CT molecular complexity index is 1210. The lowest BCUT2D eigenvalue weighted by atomic mass is 9.85. The smallest absolute Gasteiger partial charge is 0.250 e. The molecule has 2 aliphatic rings. The first kappa shape index (κ1) is 32.2. The average molecular weight is 593 g/mol. The Morgan fingerprint density at radius 3 is 2.30 bits per heavy atom. The molecule has 9 heteroatoms. The summed E-state index contributed by atoms with van der Waals surface area (Å²) in [5, 5.41) is 2.97. The summed E-state index contributed by atoms with van der Waals surface area (Å²) in [5.41, 5.74) is 1.22. The molecule has 2 saturated heterocycles. The maximum atomic E-state index is 14.0. The number of carbonyl (C=O) groups is 3. The largest absolute Gasteiger partial charge is 0.493 e. The first-order valence-corrected chi connectivity index (χ1v) is 15.8. The normalized spacial score (nSPS) is 16.1. The monoisotopic (exact) mass is 592 g/mol. The van der Waals surface area contributed by atoms with Gasteiger partial charge in [0, 0.05) is 31.7 Å². The maximum Gasteiger partial charge on any atom is 0.250 e. The number of unbranched alkanes of at least 4 members (excludes halogenated alkanes) is 5. The summed E-state index contributed by atoms with van der Waals surface area (Å²) in [7, 11) is 3.20. The molecule has 2 fully saturated rings. The van der Waals surface area contributed by atoms with E-state index in [1.807, 2.05) is 53.4 Å². The van der Waals surface area contributed by atoms with Gasteiger partial charge in [-0.2, -0.15) is 0 Å². The van der Waals surface area contributed by atoms with E-state index < -0.39 is 5.54 Å². The number of likely N-dealkylation sites (tertiary alicyclic amines) is 1. The molecule has 43 heavy (non-hydrogen) atoms. The van der Waals surface area contributed by atoms with Gasteiger partial charge in [-0.25, -0.2) is 0 Å². The zero-order valence-corrected chi connectivity index (χ0v) is 26.1. The van der Waals surface area contributed by atoms with Gasteiger partial charge in [0.25, 0.3) is 5.91 Å². The zero-order chi connectivity index (χ0) is 30.7. The quantitative estimate of drug-likeness (QED) is 0.300. The summed E-state index contributed by atoms with van der Waals surface area (Å²) in [6.45, 7) is 4.09. The first-order chi connectivity index (χ1) is 20.9. The van der Waals surface area contributed by atoms with E-state index in [4.69, 9.17) is 9.47 Å². The van der Waals surface area contributed by atoms with Gasteiger partial charge in [0.1, 0.15) is 12.1 Å². The number of hydrogen-bond donors (Lipinski definition) is 1. The van der Waals surface area contributed by atoms with Crippen LogP contribution in [0.3, 0.4) is 0 Å². The van der Waals surface area contributed by atoms with Crippen molar-refractivity contribution in [2.45, 2.75) is 76.7 Å². The highest BCUT2D eigenvalue weighted by molar-refractivity contribution is 5.96. The topological polar surface area (TPSA) is 91.4 Å². The van der Waals surface area contributed by atoms with E-state index in [9.17, 15) is 14.4 Å². The third kappa shape index (κ3) is 8.00. The van der Waals surface area contributed by atoms with Crippen LogP contribution < -0.4 is 19.7 Å². The minimum absolute atomic E-state index is 0.00345. The SMILES string of the molecule is CCCCCCCCC(=O)N1CCC2(CC1)C(=O)N(CC(=O)NCCc1ccc(OC)c(OC)c1)CN2c1ccccc1. The molecule has 2 heterocycles. The maximum absolute atomic E-state index is 14.0. The van der Waals surface area contributed by atoms with E-state index in [1.54, 1.807) is 19.1 Å². The van der Waals surface area contributed by atoms with Gasteiger partial charge in [0.2, 0.25) is 11.8 Å². The molecule has 0 saturated carbocycles. The number of ether oxygens (including phenoxy) is 2. The van der Waals surface area contributed by atoms with Crippen LogP contribution >= 0.6 is 0 Å². The second-order valence-electron chi connectivity index (χ2n) is 11.6. The molecule has 1 N–H and O–H groups in total. The van der Waals surface area contributed by atoms with Crippen LogP contribution in [0.5, 0.6) is 11.5 Å². The Hall–Kier alpha value is -3.75.